The van der Waals surface area contributed by atoms with Crippen molar-refractivity contribution in [2.45, 2.75) is 25.4 Å². The van der Waals surface area contributed by atoms with Crippen LogP contribution in [0.25, 0.3) is 10.9 Å². The van der Waals surface area contributed by atoms with Gasteiger partial charge in [0.05, 0.1) is 18.8 Å². The van der Waals surface area contributed by atoms with E-state index in [9.17, 15) is 9.59 Å². The van der Waals surface area contributed by atoms with Crippen LogP contribution in [0.3, 0.4) is 0 Å². The third-order valence-corrected chi connectivity index (χ3v) is 6.05. The van der Waals surface area contributed by atoms with E-state index in [0.717, 1.165) is 42.7 Å². The lowest BCUT2D eigenvalue weighted by molar-refractivity contribution is -0.126. The van der Waals surface area contributed by atoms with E-state index in [4.69, 9.17) is 4.74 Å². The molecule has 4 heterocycles. The summed E-state index contributed by atoms with van der Waals surface area (Å²) in [6.07, 6.45) is 3.61. The molecule has 8 heteroatoms. The van der Waals surface area contributed by atoms with Gasteiger partial charge in [0.1, 0.15) is 11.7 Å². The number of benzene rings is 1. The molecular weight excluding hydrogens is 382 g/mol. The zero-order valence-corrected chi connectivity index (χ0v) is 16.7. The number of ether oxygens (including phenoxy) is 1. The molecular formula is C22H25N5O3. The fourth-order valence-corrected chi connectivity index (χ4v) is 4.31. The topological polar surface area (TPSA) is 92.2 Å². The van der Waals surface area contributed by atoms with Crippen LogP contribution in [0.4, 0.5) is 0 Å². The predicted octanol–water partition coefficient (Wildman–Crippen LogP) is 2.10. The summed E-state index contributed by atoms with van der Waals surface area (Å²) in [6, 6.07) is 11.0. The first-order chi connectivity index (χ1) is 14.7. The van der Waals surface area contributed by atoms with Gasteiger partial charge in [-0.15, -0.1) is 0 Å². The van der Waals surface area contributed by atoms with Crippen molar-refractivity contribution in [3.8, 4) is 0 Å². The molecule has 0 radical (unpaired) electrons. The van der Waals surface area contributed by atoms with E-state index in [1.807, 2.05) is 36.4 Å². The molecule has 0 unspecified atom stereocenters. The van der Waals surface area contributed by atoms with Gasteiger partial charge in [-0.05, 0) is 37.0 Å². The molecule has 156 valence electrons. The molecule has 0 aliphatic carbocycles. The number of aromatic amines is 1. The quantitative estimate of drug-likeness (QED) is 0.693. The summed E-state index contributed by atoms with van der Waals surface area (Å²) in [7, 11) is 0. The molecule has 2 aliphatic rings. The number of carbonyl (C=O) groups excluding carboxylic acids is 2. The molecule has 2 aliphatic heterocycles. The molecule has 0 bridgehead atoms. The maximum absolute atomic E-state index is 13.2. The monoisotopic (exact) mass is 407 g/mol. The van der Waals surface area contributed by atoms with Crippen molar-refractivity contribution in [2.24, 2.45) is 5.92 Å². The van der Waals surface area contributed by atoms with Crippen molar-refractivity contribution in [1.82, 2.24) is 25.0 Å². The highest BCUT2D eigenvalue weighted by Gasteiger charge is 2.34. The van der Waals surface area contributed by atoms with Crippen LogP contribution >= 0.6 is 0 Å². The van der Waals surface area contributed by atoms with Crippen LogP contribution in [0.5, 0.6) is 0 Å². The smallest absolute Gasteiger partial charge is 0.270 e. The highest BCUT2D eigenvalue weighted by molar-refractivity contribution is 5.98. The Morgan fingerprint density at radius 1 is 1.20 bits per heavy atom. The van der Waals surface area contributed by atoms with Crippen LogP contribution in [0.15, 0.2) is 42.6 Å². The lowest BCUT2D eigenvalue weighted by atomic mass is 10.0. The Morgan fingerprint density at radius 3 is 2.87 bits per heavy atom. The van der Waals surface area contributed by atoms with Gasteiger partial charge in [0.25, 0.3) is 5.91 Å². The summed E-state index contributed by atoms with van der Waals surface area (Å²) in [4.78, 5) is 31.1. The summed E-state index contributed by atoms with van der Waals surface area (Å²) in [6.45, 7) is 2.85. The molecule has 2 amide bonds. The number of para-hydroxylation sites is 1. The van der Waals surface area contributed by atoms with Crippen LogP contribution in [0.1, 0.15) is 35.1 Å². The van der Waals surface area contributed by atoms with E-state index < -0.39 is 6.04 Å². The minimum Gasteiger partial charge on any atom is -0.381 e. The van der Waals surface area contributed by atoms with Gasteiger partial charge in [-0.1, -0.05) is 18.2 Å². The summed E-state index contributed by atoms with van der Waals surface area (Å²) in [5.74, 6) is 0.230. The number of nitrogens with one attached hydrogen (secondary N) is 2. The highest BCUT2D eigenvalue weighted by atomic mass is 16.5. The van der Waals surface area contributed by atoms with Crippen molar-refractivity contribution in [1.29, 1.82) is 0 Å². The van der Waals surface area contributed by atoms with E-state index >= 15 is 0 Å². The molecule has 1 saturated heterocycles. The van der Waals surface area contributed by atoms with Crippen molar-refractivity contribution >= 4 is 22.7 Å². The minimum atomic E-state index is -0.531. The van der Waals surface area contributed by atoms with Gasteiger partial charge in [-0.3, -0.25) is 14.3 Å². The average Bonchev–Trinajstić information content (AvgIpc) is 3.43. The molecule has 1 fully saturated rings. The first kappa shape index (κ1) is 18.9. The number of amides is 2. The summed E-state index contributed by atoms with van der Waals surface area (Å²) in [5.41, 5.74) is 2.32. The van der Waals surface area contributed by atoms with Crippen molar-refractivity contribution < 1.29 is 14.3 Å². The highest BCUT2D eigenvalue weighted by Crippen LogP contribution is 2.24. The fourth-order valence-electron chi connectivity index (χ4n) is 4.31. The number of hydrogen-bond acceptors (Lipinski definition) is 4. The first-order valence-corrected chi connectivity index (χ1v) is 10.4. The number of hydrogen-bond donors (Lipinski definition) is 2. The second kappa shape index (κ2) is 7.95. The molecule has 3 aromatic rings. The van der Waals surface area contributed by atoms with Crippen LogP contribution in [0.2, 0.25) is 0 Å². The molecule has 1 aromatic carbocycles. The van der Waals surface area contributed by atoms with Gasteiger partial charge in [0, 0.05) is 36.9 Å². The lowest BCUT2D eigenvalue weighted by Crippen LogP contribution is -2.48. The number of rotatable bonds is 4. The molecule has 0 saturated carbocycles. The van der Waals surface area contributed by atoms with Gasteiger partial charge >= 0.3 is 0 Å². The number of nitrogens with zero attached hydrogens (tertiary/aromatic N) is 3. The maximum Gasteiger partial charge on any atom is 0.270 e. The molecule has 2 N–H and O–H groups in total. The summed E-state index contributed by atoms with van der Waals surface area (Å²) in [5, 5.41) is 8.41. The van der Waals surface area contributed by atoms with Gasteiger partial charge in [-0.25, -0.2) is 0 Å². The third-order valence-electron chi connectivity index (χ3n) is 6.05. The SMILES string of the molecule is O=C(NCC1CCOCC1)[C@@H]1CN(C(=O)c2cc3ccccc3[nH]2)Cc2ccnn21. The van der Waals surface area contributed by atoms with Crippen LogP contribution in [-0.2, 0) is 16.1 Å². The van der Waals surface area contributed by atoms with Crippen molar-refractivity contribution in [3.05, 3.63) is 54.0 Å². The molecule has 5 rings (SSSR count). The number of carbonyl (C=O) groups is 2. The lowest BCUT2D eigenvalue weighted by Gasteiger charge is -2.33. The molecule has 2 aromatic heterocycles. The molecule has 0 spiro atoms. The largest absolute Gasteiger partial charge is 0.381 e. The van der Waals surface area contributed by atoms with E-state index in [1.165, 1.54) is 0 Å². The minimum absolute atomic E-state index is 0.0967. The second-order valence-electron chi connectivity index (χ2n) is 8.04. The van der Waals surface area contributed by atoms with Crippen LogP contribution < -0.4 is 5.32 Å². The van der Waals surface area contributed by atoms with Gasteiger partial charge < -0.3 is 19.9 Å². The van der Waals surface area contributed by atoms with Crippen molar-refractivity contribution in [3.63, 3.8) is 0 Å². The van der Waals surface area contributed by atoms with Crippen LogP contribution in [0, 0.1) is 5.92 Å². The normalized spacial score (nSPS) is 19.6. The van der Waals surface area contributed by atoms with E-state index in [0.29, 0.717) is 31.2 Å². The number of H-pyrrole nitrogens is 1. The maximum atomic E-state index is 13.2. The molecule has 30 heavy (non-hydrogen) atoms. The zero-order chi connectivity index (χ0) is 20.5. The Bertz CT molecular complexity index is 1030. The predicted molar refractivity (Wildman–Crippen MR) is 111 cm³/mol. The second-order valence-corrected chi connectivity index (χ2v) is 8.04. The Balaban J connectivity index is 1.32. The number of fused-ring (bicyclic) bond motifs is 2. The Kier molecular flexibility index (Phi) is 5.00. The number of aromatic nitrogens is 3. The van der Waals surface area contributed by atoms with Gasteiger partial charge in [-0.2, -0.15) is 5.10 Å². The fraction of sp³-hybridized carbons (Fsp3) is 0.409. The van der Waals surface area contributed by atoms with E-state index in [1.54, 1.807) is 15.8 Å². The molecule has 1 atom stereocenters. The average molecular weight is 407 g/mol. The van der Waals surface area contributed by atoms with E-state index in [-0.39, 0.29) is 11.8 Å². The van der Waals surface area contributed by atoms with Gasteiger partial charge in [0.15, 0.2) is 0 Å². The zero-order valence-electron chi connectivity index (χ0n) is 16.7. The Hall–Kier alpha value is -3.13. The van der Waals surface area contributed by atoms with Crippen LogP contribution in [-0.4, -0.2) is 57.8 Å². The standard InChI is InChI=1S/C22H25N5O3/c28-21(23-12-15-6-9-30-10-7-15)20-14-26(13-17-5-8-24-27(17)20)22(29)19-11-16-3-1-2-4-18(16)25-19/h1-5,8,11,15,20,25H,6-7,9-10,12-14H2,(H,23,28)/t20-/m0/s1. The first-order valence-electron chi connectivity index (χ1n) is 10.4. The summed E-state index contributed by atoms with van der Waals surface area (Å²) >= 11 is 0. The summed E-state index contributed by atoms with van der Waals surface area (Å²) < 4.78 is 7.13. The Morgan fingerprint density at radius 2 is 2.03 bits per heavy atom. The van der Waals surface area contributed by atoms with E-state index in [2.05, 4.69) is 15.4 Å². The van der Waals surface area contributed by atoms with Gasteiger partial charge in [0.2, 0.25) is 5.91 Å². The Labute approximate surface area is 174 Å². The third kappa shape index (κ3) is 3.59. The molecule has 8 nitrogen and oxygen atoms in total. The van der Waals surface area contributed by atoms with Crippen molar-refractivity contribution in [2.75, 3.05) is 26.3 Å².